The first-order valence-electron chi connectivity index (χ1n) is 6.72. The number of aliphatic hydroxyl groups excluding tert-OH is 1. The molecule has 20 heavy (non-hydrogen) atoms. The van der Waals surface area contributed by atoms with Gasteiger partial charge < -0.3 is 9.84 Å². The van der Waals surface area contributed by atoms with Crippen LogP contribution in [0.4, 0.5) is 0 Å². The van der Waals surface area contributed by atoms with E-state index in [4.69, 9.17) is 9.84 Å². The van der Waals surface area contributed by atoms with Gasteiger partial charge in [0.1, 0.15) is 5.75 Å². The van der Waals surface area contributed by atoms with Gasteiger partial charge in [0.05, 0.1) is 18.1 Å². The highest BCUT2D eigenvalue weighted by Crippen LogP contribution is 2.26. The summed E-state index contributed by atoms with van der Waals surface area (Å²) in [5.74, 6) is 0.693. The summed E-state index contributed by atoms with van der Waals surface area (Å²) in [6.07, 6.45) is 0.533. The van der Waals surface area contributed by atoms with E-state index in [9.17, 15) is 8.42 Å². The van der Waals surface area contributed by atoms with Crippen LogP contribution in [0.3, 0.4) is 0 Å². The molecule has 0 aliphatic rings. The largest absolute Gasteiger partial charge is 0.494 e. The predicted molar refractivity (Wildman–Crippen MR) is 78.6 cm³/mol. The van der Waals surface area contributed by atoms with E-state index in [1.54, 1.807) is 19.1 Å². The summed E-state index contributed by atoms with van der Waals surface area (Å²) >= 11 is 0. The van der Waals surface area contributed by atoms with Crippen molar-refractivity contribution in [2.24, 2.45) is 0 Å². The van der Waals surface area contributed by atoms with E-state index >= 15 is 0 Å². The van der Waals surface area contributed by atoms with Gasteiger partial charge in [-0.2, -0.15) is 0 Å². The minimum absolute atomic E-state index is 0.217. The van der Waals surface area contributed by atoms with Gasteiger partial charge in [-0.15, -0.1) is 0 Å². The molecule has 1 aromatic rings. The Bertz CT molecular complexity index is 551. The molecule has 0 heterocycles. The summed E-state index contributed by atoms with van der Waals surface area (Å²) in [7, 11) is -3.63. The maximum Gasteiger partial charge on any atom is 0.241 e. The molecule has 0 aliphatic carbocycles. The Balaban J connectivity index is 3.16. The number of ether oxygens (including phenoxy) is 1. The van der Waals surface area contributed by atoms with Crippen LogP contribution in [-0.2, 0) is 10.0 Å². The zero-order valence-corrected chi connectivity index (χ0v) is 13.3. The van der Waals surface area contributed by atoms with Crippen LogP contribution in [0.25, 0.3) is 0 Å². The van der Waals surface area contributed by atoms with Crippen molar-refractivity contribution in [2.75, 3.05) is 13.2 Å². The maximum atomic E-state index is 12.3. The van der Waals surface area contributed by atoms with Crippen LogP contribution < -0.4 is 9.46 Å². The standard InChI is InChI=1S/C14H23NO4S/c1-5-12(9-16)15-20(17,18)14-8-10(3)13(19-6-2)7-11(14)4/h7-8,12,15-16H,5-6,9H2,1-4H3. The van der Waals surface area contributed by atoms with Crippen molar-refractivity contribution in [1.29, 1.82) is 0 Å². The van der Waals surface area contributed by atoms with Gasteiger partial charge in [-0.05, 0) is 50.5 Å². The molecule has 2 N–H and O–H groups in total. The van der Waals surface area contributed by atoms with Gasteiger partial charge in [0, 0.05) is 6.04 Å². The molecule has 0 aromatic heterocycles. The molecule has 0 bridgehead atoms. The van der Waals surface area contributed by atoms with Crippen LogP contribution in [0.1, 0.15) is 31.4 Å². The van der Waals surface area contributed by atoms with Crippen molar-refractivity contribution >= 4 is 10.0 Å². The number of rotatable bonds is 7. The Hall–Kier alpha value is -1.11. The number of benzene rings is 1. The van der Waals surface area contributed by atoms with Gasteiger partial charge in [-0.25, -0.2) is 13.1 Å². The molecule has 114 valence electrons. The van der Waals surface area contributed by atoms with Gasteiger partial charge in [-0.1, -0.05) is 6.92 Å². The Labute approximate surface area is 121 Å². The second kappa shape index (κ2) is 7.06. The molecule has 0 fully saturated rings. The van der Waals surface area contributed by atoms with E-state index in [1.165, 1.54) is 0 Å². The lowest BCUT2D eigenvalue weighted by atomic mass is 10.1. The van der Waals surface area contributed by atoms with Crippen LogP contribution >= 0.6 is 0 Å². The minimum Gasteiger partial charge on any atom is -0.494 e. The highest BCUT2D eigenvalue weighted by Gasteiger charge is 2.21. The zero-order chi connectivity index (χ0) is 15.3. The number of hydrogen-bond donors (Lipinski definition) is 2. The van der Waals surface area contributed by atoms with Crippen LogP contribution in [0.15, 0.2) is 17.0 Å². The van der Waals surface area contributed by atoms with E-state index in [1.807, 2.05) is 20.8 Å². The Morgan fingerprint density at radius 1 is 1.25 bits per heavy atom. The van der Waals surface area contributed by atoms with E-state index in [2.05, 4.69) is 4.72 Å². The Morgan fingerprint density at radius 3 is 2.40 bits per heavy atom. The minimum atomic E-state index is -3.63. The highest BCUT2D eigenvalue weighted by atomic mass is 32.2. The summed E-state index contributed by atoms with van der Waals surface area (Å²) in [4.78, 5) is 0.227. The summed E-state index contributed by atoms with van der Waals surface area (Å²) in [6, 6.07) is 2.87. The summed E-state index contributed by atoms with van der Waals surface area (Å²) < 4.78 is 32.6. The monoisotopic (exact) mass is 301 g/mol. The first kappa shape index (κ1) is 16.9. The summed E-state index contributed by atoms with van der Waals surface area (Å²) in [5.41, 5.74) is 1.40. The Morgan fingerprint density at radius 2 is 1.90 bits per heavy atom. The number of sulfonamides is 1. The predicted octanol–water partition coefficient (Wildman–Crippen LogP) is 1.75. The number of nitrogens with one attached hydrogen (secondary N) is 1. The van der Waals surface area contributed by atoms with E-state index < -0.39 is 16.1 Å². The molecule has 0 amide bonds. The fraction of sp³-hybridized carbons (Fsp3) is 0.571. The molecule has 1 unspecified atom stereocenters. The molecular weight excluding hydrogens is 278 g/mol. The van der Waals surface area contributed by atoms with Gasteiger partial charge in [0.25, 0.3) is 0 Å². The SMILES string of the molecule is CCOc1cc(C)c(S(=O)(=O)NC(CC)CO)cc1C. The fourth-order valence-corrected chi connectivity index (χ4v) is 3.52. The lowest BCUT2D eigenvalue weighted by Gasteiger charge is -2.17. The first-order valence-corrected chi connectivity index (χ1v) is 8.21. The third kappa shape index (κ3) is 3.94. The third-order valence-corrected chi connectivity index (χ3v) is 4.76. The smallest absolute Gasteiger partial charge is 0.241 e. The van der Waals surface area contributed by atoms with E-state index in [0.717, 1.165) is 5.56 Å². The molecule has 0 saturated carbocycles. The van der Waals surface area contributed by atoms with Crippen LogP contribution in [-0.4, -0.2) is 32.8 Å². The van der Waals surface area contributed by atoms with Crippen molar-refractivity contribution in [3.63, 3.8) is 0 Å². The second-order valence-corrected chi connectivity index (χ2v) is 6.41. The highest BCUT2D eigenvalue weighted by molar-refractivity contribution is 7.89. The van der Waals surface area contributed by atoms with Crippen LogP contribution in [0.5, 0.6) is 5.75 Å². The molecular formula is C14H23NO4S. The second-order valence-electron chi connectivity index (χ2n) is 4.73. The average molecular weight is 301 g/mol. The quantitative estimate of drug-likeness (QED) is 0.804. The zero-order valence-electron chi connectivity index (χ0n) is 12.4. The van der Waals surface area contributed by atoms with Gasteiger partial charge >= 0.3 is 0 Å². The molecule has 1 aromatic carbocycles. The molecule has 0 radical (unpaired) electrons. The maximum absolute atomic E-state index is 12.3. The van der Waals surface area contributed by atoms with Crippen LogP contribution in [0, 0.1) is 13.8 Å². The topological polar surface area (TPSA) is 75.6 Å². The molecule has 0 saturated heterocycles. The van der Waals surface area contributed by atoms with Crippen molar-refractivity contribution in [1.82, 2.24) is 4.72 Å². The normalized spacial score (nSPS) is 13.2. The van der Waals surface area contributed by atoms with Crippen molar-refractivity contribution < 1.29 is 18.3 Å². The molecule has 0 aliphatic heterocycles. The molecule has 6 heteroatoms. The van der Waals surface area contributed by atoms with Crippen molar-refractivity contribution in [3.8, 4) is 5.75 Å². The number of hydrogen-bond acceptors (Lipinski definition) is 4. The lowest BCUT2D eigenvalue weighted by molar-refractivity contribution is 0.254. The fourth-order valence-electron chi connectivity index (χ4n) is 1.90. The Kier molecular flexibility index (Phi) is 5.98. The van der Waals surface area contributed by atoms with Crippen molar-refractivity contribution in [3.05, 3.63) is 23.3 Å². The van der Waals surface area contributed by atoms with Gasteiger partial charge in [0.15, 0.2) is 0 Å². The number of aryl methyl sites for hydroxylation is 2. The van der Waals surface area contributed by atoms with Crippen LogP contribution in [0.2, 0.25) is 0 Å². The molecule has 5 nitrogen and oxygen atoms in total. The molecule has 0 spiro atoms. The first-order chi connectivity index (χ1) is 9.35. The van der Waals surface area contributed by atoms with E-state index in [0.29, 0.717) is 24.3 Å². The average Bonchev–Trinajstić information content (AvgIpc) is 2.40. The molecule has 1 rings (SSSR count). The van der Waals surface area contributed by atoms with Gasteiger partial charge in [-0.3, -0.25) is 0 Å². The van der Waals surface area contributed by atoms with Gasteiger partial charge in [0.2, 0.25) is 10.0 Å². The summed E-state index contributed by atoms with van der Waals surface area (Å²) in [5, 5.41) is 9.13. The number of aliphatic hydroxyl groups is 1. The van der Waals surface area contributed by atoms with E-state index in [-0.39, 0.29) is 11.5 Å². The van der Waals surface area contributed by atoms with Crippen molar-refractivity contribution in [2.45, 2.75) is 45.1 Å². The lowest BCUT2D eigenvalue weighted by Crippen LogP contribution is -2.37. The third-order valence-electron chi connectivity index (χ3n) is 3.10. The summed E-state index contributed by atoms with van der Waals surface area (Å²) in [6.45, 7) is 7.56. The molecule has 1 atom stereocenters.